The molecular formula is C35H43NO5S2. The molecule has 0 aromatic heterocycles. The molecule has 0 spiro atoms. The van der Waals surface area contributed by atoms with Crippen LogP contribution in [-0.4, -0.2) is 33.7 Å². The van der Waals surface area contributed by atoms with Crippen LogP contribution in [0.4, 0.5) is 5.69 Å². The molecule has 0 N–H and O–H groups in total. The van der Waals surface area contributed by atoms with Gasteiger partial charge in [-0.05, 0) is 132 Å². The Morgan fingerprint density at radius 3 is 1.44 bits per heavy atom. The van der Waals surface area contributed by atoms with Crippen molar-refractivity contribution in [3.63, 3.8) is 0 Å². The van der Waals surface area contributed by atoms with Crippen molar-refractivity contribution in [2.24, 2.45) is 0 Å². The Hall–Kier alpha value is -3.46. The summed E-state index contributed by atoms with van der Waals surface area (Å²) in [4.78, 5) is 4.16. The molecule has 0 aliphatic heterocycles. The van der Waals surface area contributed by atoms with E-state index in [2.05, 4.69) is 0 Å². The van der Waals surface area contributed by atoms with E-state index in [9.17, 15) is 8.42 Å². The average Bonchev–Trinajstić information content (AvgIpc) is 2.90. The molecule has 0 aliphatic rings. The summed E-state index contributed by atoms with van der Waals surface area (Å²) < 4.78 is 47.5. The van der Waals surface area contributed by atoms with Gasteiger partial charge in [0.2, 0.25) is 0 Å². The molecule has 8 heteroatoms. The predicted molar refractivity (Wildman–Crippen MR) is 176 cm³/mol. The molecule has 0 amide bonds. The molecule has 0 atom stereocenters. The van der Waals surface area contributed by atoms with Crippen molar-refractivity contribution >= 4 is 26.1 Å². The minimum atomic E-state index is -4.26. The normalized spacial score (nSPS) is 13.0. The number of anilines is 1. The van der Waals surface area contributed by atoms with Gasteiger partial charge in [-0.2, -0.15) is 8.42 Å². The van der Waals surface area contributed by atoms with Crippen molar-refractivity contribution in [3.8, 4) is 11.5 Å². The van der Waals surface area contributed by atoms with Crippen LogP contribution in [0.1, 0.15) is 47.1 Å². The highest BCUT2D eigenvalue weighted by Gasteiger charge is 2.39. The minimum absolute atomic E-state index is 0.0871. The Balaban J connectivity index is 2.07. The van der Waals surface area contributed by atoms with Crippen LogP contribution < -0.4 is 14.4 Å². The maximum atomic E-state index is 14.2. The maximum absolute atomic E-state index is 14.2. The van der Waals surface area contributed by atoms with Crippen molar-refractivity contribution in [3.05, 3.63) is 103 Å². The standard InChI is InChI=1S/C35H43NO5S2/c1-26-16-20-31(21-17-26)43(37,38)41-42(30-22-18-27(19-23-30)36(8)9,32-14-10-12-28(24-32)39-34(2,3)4)33-15-11-13-29(25-33)40-35(5,6)7/h10-25H,1-9H3. The number of rotatable bonds is 9. The van der Waals surface area contributed by atoms with Crippen molar-refractivity contribution < 1.29 is 21.5 Å². The SMILES string of the molecule is Cc1ccc(S(=O)(=O)OS(c2ccc(N(C)C)cc2)(c2cccc(OC(C)(C)C)c2)c2cccc(OC(C)(C)C)c2)cc1. The largest absolute Gasteiger partial charge is 0.488 e. The lowest BCUT2D eigenvalue weighted by atomic mass is 10.2. The first-order chi connectivity index (χ1) is 20.0. The number of ether oxygens (including phenoxy) is 2. The monoisotopic (exact) mass is 621 g/mol. The first-order valence-electron chi connectivity index (χ1n) is 14.2. The van der Waals surface area contributed by atoms with E-state index < -0.39 is 31.6 Å². The van der Waals surface area contributed by atoms with Gasteiger partial charge < -0.3 is 14.4 Å². The number of aryl methyl sites for hydroxylation is 1. The summed E-state index contributed by atoms with van der Waals surface area (Å²) in [6, 6.07) is 29.7. The lowest BCUT2D eigenvalue weighted by Crippen LogP contribution is -2.23. The minimum Gasteiger partial charge on any atom is -0.488 e. The van der Waals surface area contributed by atoms with Gasteiger partial charge in [-0.1, -0.05) is 29.8 Å². The molecule has 4 rings (SSSR count). The van der Waals surface area contributed by atoms with Crippen LogP contribution >= 0.6 is 10.3 Å². The lowest BCUT2D eigenvalue weighted by molar-refractivity contribution is 0.130. The molecule has 0 heterocycles. The third kappa shape index (κ3) is 7.93. The Morgan fingerprint density at radius 2 is 1.02 bits per heavy atom. The first kappa shape index (κ1) is 32.5. The van der Waals surface area contributed by atoms with E-state index in [1.807, 2.05) is 140 Å². The molecule has 0 unspecified atom stereocenters. The highest BCUT2D eigenvalue weighted by Crippen LogP contribution is 2.71. The molecule has 6 nitrogen and oxygen atoms in total. The third-order valence-electron chi connectivity index (χ3n) is 6.31. The summed E-state index contributed by atoms with van der Waals surface area (Å²) in [5.41, 5.74) is 1.02. The van der Waals surface area contributed by atoms with Gasteiger partial charge in [-0.25, -0.2) is 3.63 Å². The number of hydrogen-bond donors (Lipinski definition) is 0. The van der Waals surface area contributed by atoms with E-state index in [1.54, 1.807) is 24.3 Å². The van der Waals surface area contributed by atoms with Crippen LogP contribution in [0, 0.1) is 6.92 Å². The summed E-state index contributed by atoms with van der Waals surface area (Å²) in [5.74, 6) is 1.23. The van der Waals surface area contributed by atoms with Crippen molar-refractivity contribution in [2.75, 3.05) is 19.0 Å². The Kier molecular flexibility index (Phi) is 9.26. The van der Waals surface area contributed by atoms with E-state index in [1.165, 1.54) is 0 Å². The number of benzene rings is 4. The van der Waals surface area contributed by atoms with Crippen LogP contribution in [-0.2, 0) is 13.7 Å². The van der Waals surface area contributed by atoms with Crippen LogP contribution in [0.15, 0.2) is 117 Å². The topological polar surface area (TPSA) is 65.1 Å². The Morgan fingerprint density at radius 1 is 0.581 bits per heavy atom. The summed E-state index contributed by atoms with van der Waals surface area (Å²) in [7, 11) is -3.24. The number of hydrogen-bond acceptors (Lipinski definition) is 6. The highest BCUT2D eigenvalue weighted by atomic mass is 32.3. The molecule has 4 aromatic rings. The zero-order valence-corrected chi connectivity index (χ0v) is 28.2. The van der Waals surface area contributed by atoms with Crippen LogP contribution in [0.25, 0.3) is 0 Å². The molecule has 230 valence electrons. The molecule has 4 aromatic carbocycles. The van der Waals surface area contributed by atoms with Gasteiger partial charge in [0, 0.05) is 34.5 Å². The van der Waals surface area contributed by atoms with Gasteiger partial charge in [-0.3, -0.25) is 0 Å². The summed E-state index contributed by atoms with van der Waals surface area (Å²) in [5, 5.41) is 0. The molecule has 0 bridgehead atoms. The van der Waals surface area contributed by atoms with Gasteiger partial charge in [0.25, 0.3) is 0 Å². The third-order valence-corrected chi connectivity index (χ3v) is 11.5. The summed E-state index contributed by atoms with van der Waals surface area (Å²) >= 11 is 0. The Bertz CT molecular complexity index is 1590. The van der Waals surface area contributed by atoms with E-state index in [-0.39, 0.29) is 4.90 Å². The van der Waals surface area contributed by atoms with E-state index in [0.717, 1.165) is 16.1 Å². The van der Waals surface area contributed by atoms with Gasteiger partial charge in [0.1, 0.15) is 22.7 Å². The highest BCUT2D eigenvalue weighted by molar-refractivity contribution is 8.33. The molecule has 0 saturated carbocycles. The fraction of sp³-hybridized carbons (Fsp3) is 0.314. The van der Waals surface area contributed by atoms with E-state index in [0.29, 0.717) is 21.3 Å². The Labute approximate surface area is 259 Å². The van der Waals surface area contributed by atoms with Gasteiger partial charge in [0.15, 0.2) is 0 Å². The zero-order valence-electron chi connectivity index (χ0n) is 26.5. The second-order valence-electron chi connectivity index (χ2n) is 12.7. The molecule has 43 heavy (non-hydrogen) atoms. The molecule has 0 aliphatic carbocycles. The average molecular weight is 622 g/mol. The summed E-state index contributed by atoms with van der Waals surface area (Å²) in [6.45, 7) is 13.8. The molecule has 0 fully saturated rings. The first-order valence-corrected chi connectivity index (χ1v) is 17.2. The fourth-order valence-electron chi connectivity index (χ4n) is 4.48. The van der Waals surface area contributed by atoms with Crippen LogP contribution in [0.2, 0.25) is 0 Å². The molecule has 0 radical (unpaired) electrons. The van der Waals surface area contributed by atoms with Crippen LogP contribution in [0.3, 0.4) is 0 Å². The van der Waals surface area contributed by atoms with Crippen LogP contribution in [0.5, 0.6) is 11.5 Å². The molecular weight excluding hydrogens is 579 g/mol. The second-order valence-corrected chi connectivity index (χ2v) is 17.1. The maximum Gasteiger partial charge on any atom is 0.307 e. The van der Waals surface area contributed by atoms with Crippen molar-refractivity contribution in [1.29, 1.82) is 0 Å². The smallest absolute Gasteiger partial charge is 0.307 e. The van der Waals surface area contributed by atoms with Gasteiger partial charge >= 0.3 is 10.1 Å². The second kappa shape index (κ2) is 12.3. The van der Waals surface area contributed by atoms with Gasteiger partial charge in [0.05, 0.1) is 4.90 Å². The van der Waals surface area contributed by atoms with E-state index in [4.69, 9.17) is 13.1 Å². The lowest BCUT2D eigenvalue weighted by Gasteiger charge is -2.40. The van der Waals surface area contributed by atoms with E-state index >= 15 is 0 Å². The van der Waals surface area contributed by atoms with Gasteiger partial charge in [-0.15, -0.1) is 0 Å². The predicted octanol–water partition coefficient (Wildman–Crippen LogP) is 9.02. The quantitative estimate of drug-likeness (QED) is 0.186. The van der Waals surface area contributed by atoms with Crippen molar-refractivity contribution in [2.45, 2.75) is 79.3 Å². The number of nitrogens with zero attached hydrogens (tertiary/aromatic N) is 1. The fourth-order valence-corrected chi connectivity index (χ4v) is 9.72. The molecule has 0 saturated heterocycles. The summed E-state index contributed by atoms with van der Waals surface area (Å²) in [6.07, 6.45) is 0. The zero-order chi connectivity index (χ0) is 31.6. The van der Waals surface area contributed by atoms with Crippen molar-refractivity contribution in [1.82, 2.24) is 0 Å².